The molecule has 2 heteroatoms. The van der Waals surface area contributed by atoms with Crippen molar-refractivity contribution in [2.75, 3.05) is 14.1 Å². The molecule has 0 aliphatic rings. The quantitative estimate of drug-likeness (QED) is 0.664. The van der Waals surface area contributed by atoms with Gasteiger partial charge in [-0.2, -0.15) is 0 Å². The van der Waals surface area contributed by atoms with Crippen LogP contribution in [0.4, 0.5) is 0 Å². The summed E-state index contributed by atoms with van der Waals surface area (Å²) in [5, 5.41) is 0. The summed E-state index contributed by atoms with van der Waals surface area (Å²) in [5.41, 5.74) is 4.46. The van der Waals surface area contributed by atoms with E-state index in [1.807, 2.05) is 0 Å². The summed E-state index contributed by atoms with van der Waals surface area (Å²) in [6.45, 7) is 5.51. The molecule has 0 unspecified atom stereocenters. The van der Waals surface area contributed by atoms with Gasteiger partial charge in [-0.25, -0.2) is 0 Å². The monoisotopic (exact) mass is 197 g/mol. The van der Waals surface area contributed by atoms with E-state index >= 15 is 0 Å². The van der Waals surface area contributed by atoms with E-state index < -0.39 is 0 Å². The molecule has 0 bridgehead atoms. The van der Waals surface area contributed by atoms with Crippen molar-refractivity contribution in [1.82, 2.24) is 4.90 Å². The van der Waals surface area contributed by atoms with E-state index in [9.17, 15) is 0 Å². The molecule has 15 heavy (non-hydrogen) atoms. The fraction of sp³-hybridized carbons (Fsp3) is 0.538. The Morgan fingerprint density at radius 1 is 1.07 bits per heavy atom. The predicted molar refractivity (Wildman–Crippen MR) is 68.0 cm³/mol. The Bertz CT molecular complexity index is 332. The fourth-order valence-corrected chi connectivity index (χ4v) is 1.99. The molecule has 0 aliphatic heterocycles. The molecule has 0 amide bonds. The summed E-state index contributed by atoms with van der Waals surface area (Å²) in [6, 6.07) is 4.71. The summed E-state index contributed by atoms with van der Waals surface area (Å²) in [6.07, 6.45) is 2.27. The molecule has 0 saturated carbocycles. The Labute approximate surface area is 103 Å². The maximum absolute atomic E-state index is 2.36. The molecule has 0 heterocycles. The van der Waals surface area contributed by atoms with E-state index in [-0.39, 0.29) is 0 Å². The van der Waals surface area contributed by atoms with Crippen LogP contribution in [-0.2, 0) is 19.4 Å². The van der Waals surface area contributed by atoms with Crippen LogP contribution in [0.25, 0.3) is 0 Å². The Hall–Kier alpha value is -0.223. The van der Waals surface area contributed by atoms with Gasteiger partial charge in [0, 0.05) is 0 Å². The van der Waals surface area contributed by atoms with Crippen LogP contribution >= 0.6 is 0 Å². The number of rotatable bonds is 4. The molecule has 0 fully saturated rings. The second-order valence-corrected chi connectivity index (χ2v) is 4.48. The van der Waals surface area contributed by atoms with Crippen LogP contribution in [0, 0.1) is 0 Å². The summed E-state index contributed by atoms with van der Waals surface area (Å²) < 4.78 is 1.48. The average molecular weight is 197 g/mol. The molecule has 1 aromatic carbocycles. The second kappa shape index (κ2) is 5.75. The SMILES string of the molecule is [Li][c]1c(CC)cc(CC)cc1CN(C)C. The van der Waals surface area contributed by atoms with E-state index in [2.05, 4.69) is 62.7 Å². The van der Waals surface area contributed by atoms with E-state index in [0.717, 1.165) is 19.4 Å². The first kappa shape index (κ1) is 12.8. The zero-order valence-electron chi connectivity index (χ0n) is 10.7. The molecule has 0 spiro atoms. The van der Waals surface area contributed by atoms with Gasteiger partial charge in [-0.05, 0) is 0 Å². The summed E-state index contributed by atoms with van der Waals surface area (Å²) in [4.78, 5) is 2.24. The van der Waals surface area contributed by atoms with Gasteiger partial charge in [-0.3, -0.25) is 0 Å². The van der Waals surface area contributed by atoms with Crippen molar-refractivity contribution >= 4 is 22.0 Å². The molecule has 0 N–H and O–H groups in total. The molecular weight excluding hydrogens is 177 g/mol. The van der Waals surface area contributed by atoms with Crippen LogP contribution in [0.1, 0.15) is 30.5 Å². The summed E-state index contributed by atoms with van der Waals surface area (Å²) in [5.74, 6) is 0. The summed E-state index contributed by atoms with van der Waals surface area (Å²) >= 11 is 2.25. The zero-order valence-corrected chi connectivity index (χ0v) is 10.7. The number of hydrogen-bond donors (Lipinski definition) is 0. The van der Waals surface area contributed by atoms with Gasteiger partial charge in [0.15, 0.2) is 0 Å². The standard InChI is InChI=1S/C13H20N.Li/c1-5-11-7-12(6-2)9-13(8-11)10-14(3)4;/h7-8H,5-6,10H2,1-4H3;. The normalized spacial score (nSPS) is 11.1. The van der Waals surface area contributed by atoms with Gasteiger partial charge in [-0.15, -0.1) is 0 Å². The van der Waals surface area contributed by atoms with E-state index in [1.165, 1.54) is 20.9 Å². The van der Waals surface area contributed by atoms with Crippen LogP contribution in [0.3, 0.4) is 0 Å². The molecule has 1 aromatic rings. The van der Waals surface area contributed by atoms with Crippen molar-refractivity contribution in [1.29, 1.82) is 0 Å². The van der Waals surface area contributed by atoms with Crippen LogP contribution in [0.5, 0.6) is 0 Å². The topological polar surface area (TPSA) is 3.24 Å². The van der Waals surface area contributed by atoms with Crippen molar-refractivity contribution in [2.24, 2.45) is 0 Å². The van der Waals surface area contributed by atoms with Gasteiger partial charge in [-0.1, -0.05) is 0 Å². The predicted octanol–water partition coefficient (Wildman–Crippen LogP) is 1.67. The molecule has 1 rings (SSSR count). The van der Waals surface area contributed by atoms with Gasteiger partial charge in [0.2, 0.25) is 0 Å². The zero-order chi connectivity index (χ0) is 11.4. The molecule has 0 aromatic heterocycles. The van der Waals surface area contributed by atoms with E-state index in [1.54, 1.807) is 0 Å². The van der Waals surface area contributed by atoms with Gasteiger partial charge in [0.25, 0.3) is 0 Å². The molecule has 0 aliphatic carbocycles. The van der Waals surface area contributed by atoms with Crippen molar-refractivity contribution < 1.29 is 0 Å². The van der Waals surface area contributed by atoms with Crippen LogP contribution in [0.15, 0.2) is 12.1 Å². The third-order valence-electron chi connectivity index (χ3n) is 2.96. The average Bonchev–Trinajstić information content (AvgIpc) is 2.20. The van der Waals surface area contributed by atoms with Gasteiger partial charge in [0.05, 0.1) is 0 Å². The summed E-state index contributed by atoms with van der Waals surface area (Å²) in [7, 11) is 4.26. The van der Waals surface area contributed by atoms with Crippen molar-refractivity contribution in [3.8, 4) is 0 Å². The van der Waals surface area contributed by atoms with E-state index in [0.29, 0.717) is 0 Å². The first-order chi connectivity index (χ1) is 7.08. The Balaban J connectivity index is 3.12. The number of nitrogens with zero attached hydrogens (tertiary/aromatic N) is 1. The minimum atomic E-state index is 1.05. The van der Waals surface area contributed by atoms with Crippen LogP contribution < -0.4 is 4.24 Å². The van der Waals surface area contributed by atoms with E-state index in [4.69, 9.17) is 0 Å². The third-order valence-corrected chi connectivity index (χ3v) is 2.96. The second-order valence-electron chi connectivity index (χ2n) is 4.48. The maximum atomic E-state index is 2.36. The Morgan fingerprint density at radius 3 is 2.13 bits per heavy atom. The Morgan fingerprint density at radius 2 is 1.67 bits per heavy atom. The van der Waals surface area contributed by atoms with Gasteiger partial charge < -0.3 is 0 Å². The first-order valence-corrected chi connectivity index (χ1v) is 5.84. The molecule has 0 radical (unpaired) electrons. The molecule has 0 atom stereocenters. The van der Waals surface area contributed by atoms with Gasteiger partial charge in [0.1, 0.15) is 0 Å². The third kappa shape index (κ3) is 3.38. The van der Waals surface area contributed by atoms with Crippen LogP contribution in [-0.4, -0.2) is 36.7 Å². The fourth-order valence-electron chi connectivity index (χ4n) is 1.99. The molecular formula is C13H20LiN. The first-order valence-electron chi connectivity index (χ1n) is 5.84. The molecule has 0 saturated heterocycles. The minimum absolute atomic E-state index is 1.05. The number of aryl methyl sites for hydroxylation is 2. The number of benzene rings is 1. The van der Waals surface area contributed by atoms with Crippen molar-refractivity contribution in [2.45, 2.75) is 33.2 Å². The van der Waals surface area contributed by atoms with Crippen molar-refractivity contribution in [3.05, 3.63) is 28.8 Å². The van der Waals surface area contributed by atoms with Crippen LogP contribution in [0.2, 0.25) is 0 Å². The van der Waals surface area contributed by atoms with Crippen molar-refractivity contribution in [3.63, 3.8) is 0 Å². The van der Waals surface area contributed by atoms with Gasteiger partial charge >= 0.3 is 103 Å². The molecule has 1 nitrogen and oxygen atoms in total. The molecule has 78 valence electrons. The Kier molecular flexibility index (Phi) is 4.92. The number of hydrogen-bond acceptors (Lipinski definition) is 1.